The average Bonchev–Trinajstić information content (AvgIpc) is 2.43. The van der Waals surface area contributed by atoms with Crippen molar-refractivity contribution in [3.8, 4) is 0 Å². The van der Waals surface area contributed by atoms with Gasteiger partial charge in [0.1, 0.15) is 5.82 Å². The Hall–Kier alpha value is -1.23. The van der Waals surface area contributed by atoms with E-state index in [1.54, 1.807) is 6.07 Å². The van der Waals surface area contributed by atoms with Crippen LogP contribution in [-0.2, 0) is 6.42 Å². The van der Waals surface area contributed by atoms with Crippen molar-refractivity contribution in [1.82, 2.24) is 5.43 Å². The van der Waals surface area contributed by atoms with Gasteiger partial charge in [-0.2, -0.15) is 0 Å². The van der Waals surface area contributed by atoms with Gasteiger partial charge >= 0.3 is 0 Å². The molecule has 0 heterocycles. The molecular weight excluding hydrogens is 319 g/mol. The fourth-order valence-corrected chi connectivity index (χ4v) is 2.73. The maximum absolute atomic E-state index is 13.4. The molecule has 0 fully saturated rings. The van der Waals surface area contributed by atoms with E-state index in [4.69, 9.17) is 5.84 Å². The standard InChI is InChI=1S/C16H18BrFN2/c1-10-3-4-12(7-11(10)2)8-16(20-19)14-9-13(18)5-6-15(14)17/h3-7,9,16,20H,8,19H2,1-2H3. The highest BCUT2D eigenvalue weighted by Crippen LogP contribution is 2.27. The number of aryl methyl sites for hydroxylation is 2. The van der Waals surface area contributed by atoms with E-state index in [2.05, 4.69) is 53.4 Å². The Labute approximate surface area is 127 Å². The molecule has 0 aliphatic heterocycles. The Balaban J connectivity index is 2.28. The van der Waals surface area contributed by atoms with Crippen molar-refractivity contribution >= 4 is 15.9 Å². The fourth-order valence-electron chi connectivity index (χ4n) is 2.21. The zero-order chi connectivity index (χ0) is 14.7. The monoisotopic (exact) mass is 336 g/mol. The summed E-state index contributed by atoms with van der Waals surface area (Å²) < 4.78 is 14.3. The normalized spacial score (nSPS) is 12.4. The number of nitrogens with two attached hydrogens (primary N) is 1. The lowest BCUT2D eigenvalue weighted by molar-refractivity contribution is 0.542. The molecule has 0 aromatic heterocycles. The van der Waals surface area contributed by atoms with Gasteiger partial charge < -0.3 is 0 Å². The molecule has 0 bridgehead atoms. The largest absolute Gasteiger partial charge is 0.271 e. The van der Waals surface area contributed by atoms with Crippen LogP contribution in [0.25, 0.3) is 0 Å². The van der Waals surface area contributed by atoms with E-state index < -0.39 is 0 Å². The Bertz CT molecular complexity index is 613. The number of hydrogen-bond acceptors (Lipinski definition) is 2. The topological polar surface area (TPSA) is 38.0 Å². The molecule has 2 rings (SSSR count). The molecule has 1 atom stereocenters. The minimum atomic E-state index is -0.261. The van der Waals surface area contributed by atoms with Crippen molar-refractivity contribution in [2.24, 2.45) is 5.84 Å². The molecule has 0 spiro atoms. The van der Waals surface area contributed by atoms with Gasteiger partial charge in [0.05, 0.1) is 6.04 Å². The molecule has 3 N–H and O–H groups in total. The first-order chi connectivity index (χ1) is 9.51. The van der Waals surface area contributed by atoms with E-state index in [-0.39, 0.29) is 11.9 Å². The summed E-state index contributed by atoms with van der Waals surface area (Å²) in [5.41, 5.74) is 7.28. The molecule has 106 valence electrons. The van der Waals surface area contributed by atoms with Gasteiger partial charge in [-0.1, -0.05) is 34.1 Å². The Morgan fingerprint density at radius 1 is 1.15 bits per heavy atom. The van der Waals surface area contributed by atoms with Crippen LogP contribution in [0.3, 0.4) is 0 Å². The summed E-state index contributed by atoms with van der Waals surface area (Å²) in [6, 6.07) is 10.8. The van der Waals surface area contributed by atoms with Crippen LogP contribution in [0, 0.1) is 19.7 Å². The third-order valence-electron chi connectivity index (χ3n) is 3.55. The van der Waals surface area contributed by atoms with E-state index >= 15 is 0 Å². The van der Waals surface area contributed by atoms with Crippen LogP contribution in [0.15, 0.2) is 40.9 Å². The fraction of sp³-hybridized carbons (Fsp3) is 0.250. The van der Waals surface area contributed by atoms with E-state index in [0.717, 1.165) is 10.0 Å². The molecule has 1 unspecified atom stereocenters. The highest BCUT2D eigenvalue weighted by atomic mass is 79.9. The van der Waals surface area contributed by atoms with E-state index in [0.29, 0.717) is 6.42 Å². The molecule has 0 aliphatic carbocycles. The van der Waals surface area contributed by atoms with Crippen molar-refractivity contribution in [3.05, 3.63) is 68.9 Å². The summed E-state index contributed by atoms with van der Waals surface area (Å²) >= 11 is 3.45. The Morgan fingerprint density at radius 3 is 2.55 bits per heavy atom. The number of hydrazine groups is 1. The highest BCUT2D eigenvalue weighted by molar-refractivity contribution is 9.10. The first-order valence-electron chi connectivity index (χ1n) is 6.48. The lowest BCUT2D eigenvalue weighted by Crippen LogP contribution is -2.30. The summed E-state index contributed by atoms with van der Waals surface area (Å²) in [6.07, 6.45) is 0.708. The van der Waals surface area contributed by atoms with Crippen molar-refractivity contribution in [2.75, 3.05) is 0 Å². The second-order valence-corrected chi connectivity index (χ2v) is 5.86. The van der Waals surface area contributed by atoms with Crippen LogP contribution < -0.4 is 11.3 Å². The molecule has 0 amide bonds. The predicted octanol–water partition coefficient (Wildman–Crippen LogP) is 3.95. The maximum atomic E-state index is 13.4. The molecule has 20 heavy (non-hydrogen) atoms. The molecule has 0 aliphatic rings. The molecule has 0 saturated carbocycles. The van der Waals surface area contributed by atoms with Gasteiger partial charge in [0.15, 0.2) is 0 Å². The van der Waals surface area contributed by atoms with Crippen molar-refractivity contribution < 1.29 is 4.39 Å². The Kier molecular flexibility index (Phi) is 4.91. The summed E-state index contributed by atoms with van der Waals surface area (Å²) in [4.78, 5) is 0. The van der Waals surface area contributed by atoms with Gasteiger partial charge in [-0.15, -0.1) is 0 Å². The van der Waals surface area contributed by atoms with Gasteiger partial charge in [-0.25, -0.2) is 4.39 Å². The summed E-state index contributed by atoms with van der Waals surface area (Å²) in [5.74, 6) is 5.39. The minimum Gasteiger partial charge on any atom is -0.271 e. The molecule has 2 nitrogen and oxygen atoms in total. The first kappa shape index (κ1) is 15.2. The first-order valence-corrected chi connectivity index (χ1v) is 7.27. The smallest absolute Gasteiger partial charge is 0.123 e. The van der Waals surface area contributed by atoms with Gasteiger partial charge in [0, 0.05) is 4.47 Å². The van der Waals surface area contributed by atoms with Crippen molar-refractivity contribution in [1.29, 1.82) is 0 Å². The summed E-state index contributed by atoms with van der Waals surface area (Å²) in [7, 11) is 0. The van der Waals surface area contributed by atoms with Crippen LogP contribution in [0.4, 0.5) is 4.39 Å². The van der Waals surface area contributed by atoms with Crippen LogP contribution in [-0.4, -0.2) is 0 Å². The second-order valence-electron chi connectivity index (χ2n) is 5.01. The van der Waals surface area contributed by atoms with E-state index in [1.807, 2.05) is 0 Å². The van der Waals surface area contributed by atoms with Crippen molar-refractivity contribution in [3.63, 3.8) is 0 Å². The van der Waals surface area contributed by atoms with E-state index in [9.17, 15) is 4.39 Å². The third kappa shape index (κ3) is 3.45. The van der Waals surface area contributed by atoms with Gasteiger partial charge in [0.2, 0.25) is 0 Å². The number of hydrogen-bond donors (Lipinski definition) is 2. The van der Waals surface area contributed by atoms with E-state index in [1.165, 1.54) is 28.8 Å². The number of rotatable bonds is 4. The van der Waals surface area contributed by atoms with Crippen LogP contribution >= 0.6 is 15.9 Å². The highest BCUT2D eigenvalue weighted by Gasteiger charge is 2.15. The van der Waals surface area contributed by atoms with Gasteiger partial charge in [-0.3, -0.25) is 11.3 Å². The summed E-state index contributed by atoms with van der Waals surface area (Å²) in [5, 5.41) is 0. The van der Waals surface area contributed by atoms with Crippen LogP contribution in [0.5, 0.6) is 0 Å². The SMILES string of the molecule is Cc1ccc(CC(NN)c2cc(F)ccc2Br)cc1C. The summed E-state index contributed by atoms with van der Waals surface area (Å²) in [6.45, 7) is 4.17. The van der Waals surface area contributed by atoms with Crippen molar-refractivity contribution in [2.45, 2.75) is 26.3 Å². The number of benzene rings is 2. The second kappa shape index (κ2) is 6.48. The average molecular weight is 337 g/mol. The quantitative estimate of drug-likeness (QED) is 0.655. The van der Waals surface area contributed by atoms with Gasteiger partial charge in [0.25, 0.3) is 0 Å². The zero-order valence-electron chi connectivity index (χ0n) is 11.6. The third-order valence-corrected chi connectivity index (χ3v) is 4.27. The van der Waals surface area contributed by atoms with Crippen LogP contribution in [0.2, 0.25) is 0 Å². The molecular formula is C16H18BrFN2. The lowest BCUT2D eigenvalue weighted by Gasteiger charge is -2.18. The van der Waals surface area contributed by atoms with Crippen LogP contribution in [0.1, 0.15) is 28.3 Å². The minimum absolute atomic E-state index is 0.137. The number of nitrogens with one attached hydrogen (secondary N) is 1. The lowest BCUT2D eigenvalue weighted by atomic mass is 9.97. The molecule has 0 saturated heterocycles. The Morgan fingerprint density at radius 2 is 1.90 bits per heavy atom. The predicted molar refractivity (Wildman–Crippen MR) is 83.8 cm³/mol. The molecule has 0 radical (unpaired) electrons. The molecule has 4 heteroatoms. The molecule has 2 aromatic carbocycles. The zero-order valence-corrected chi connectivity index (χ0v) is 13.2. The van der Waals surface area contributed by atoms with Gasteiger partial charge in [-0.05, 0) is 60.7 Å². The number of halogens is 2. The maximum Gasteiger partial charge on any atom is 0.123 e. The molecule has 2 aromatic rings.